The molecule has 14 heavy (non-hydrogen) atoms. The van der Waals surface area contributed by atoms with Crippen molar-refractivity contribution in [3.8, 4) is 0 Å². The zero-order chi connectivity index (χ0) is 11.6. The third-order valence-corrected chi connectivity index (χ3v) is 2.21. The Morgan fingerprint density at radius 1 is 0.786 bits per heavy atom. The first-order valence-corrected chi connectivity index (χ1v) is 4.46. The minimum absolute atomic E-state index is 0.246. The lowest BCUT2D eigenvalue weighted by molar-refractivity contribution is -0.453. The molecule has 0 aliphatic rings. The van der Waals surface area contributed by atoms with Crippen LogP contribution in [0.5, 0.6) is 0 Å². The molecule has 0 heterocycles. The summed E-state index contributed by atoms with van der Waals surface area (Å²) >= 11 is 0. The molecule has 0 radical (unpaired) electrons. The maximum Gasteiger partial charge on any atom is 0.274 e. The molecule has 6 heteroatoms. The molecule has 0 saturated heterocycles. The van der Waals surface area contributed by atoms with Gasteiger partial charge in [-0.15, -0.1) is 0 Å². The molecule has 0 spiro atoms. The van der Waals surface area contributed by atoms with E-state index in [9.17, 15) is 20.4 Å². The fourth-order valence-electron chi connectivity index (χ4n) is 1.09. The van der Waals surface area contributed by atoms with E-state index < -0.39 is 23.8 Å². The first-order chi connectivity index (χ1) is 6.12. The van der Waals surface area contributed by atoms with Gasteiger partial charge in [0.2, 0.25) is 11.6 Å². The lowest BCUT2D eigenvalue weighted by Crippen LogP contribution is -2.68. The van der Waals surface area contributed by atoms with E-state index in [1.165, 1.54) is 6.92 Å². The van der Waals surface area contributed by atoms with Crippen molar-refractivity contribution in [1.82, 2.24) is 0 Å². The van der Waals surface area contributed by atoms with E-state index >= 15 is 0 Å². The molecule has 0 aromatic rings. The van der Waals surface area contributed by atoms with E-state index in [1.807, 2.05) is 0 Å². The van der Waals surface area contributed by atoms with Gasteiger partial charge in [0.05, 0.1) is 0 Å². The predicted octanol–water partition coefficient (Wildman–Crippen LogP) is -1.76. The quantitative estimate of drug-likeness (QED) is 0.299. The van der Waals surface area contributed by atoms with Gasteiger partial charge in [-0.05, 0) is 0 Å². The Balaban J connectivity index is 4.92. The molecule has 86 valence electrons. The number of aliphatic hydroxyl groups is 6. The number of hydrogen-bond donors (Lipinski definition) is 6. The molecule has 0 unspecified atom stereocenters. The van der Waals surface area contributed by atoms with Gasteiger partial charge in [-0.2, -0.15) is 0 Å². The summed E-state index contributed by atoms with van der Waals surface area (Å²) in [7, 11) is 0. The molecule has 0 saturated carbocycles. The monoisotopic (exact) mass is 210 g/mol. The van der Waals surface area contributed by atoms with E-state index in [2.05, 4.69) is 0 Å². The van der Waals surface area contributed by atoms with Gasteiger partial charge in [0.15, 0.2) is 0 Å². The van der Waals surface area contributed by atoms with Crippen molar-refractivity contribution in [1.29, 1.82) is 0 Å². The van der Waals surface area contributed by atoms with Crippen LogP contribution in [-0.4, -0.2) is 48.0 Å². The van der Waals surface area contributed by atoms with Gasteiger partial charge in [0.1, 0.15) is 0 Å². The second-order valence-corrected chi connectivity index (χ2v) is 3.41. The summed E-state index contributed by atoms with van der Waals surface area (Å²) < 4.78 is 0. The predicted molar refractivity (Wildman–Crippen MR) is 46.7 cm³/mol. The van der Waals surface area contributed by atoms with Gasteiger partial charge in [0, 0.05) is 12.8 Å². The molecule has 0 aromatic carbocycles. The summed E-state index contributed by atoms with van der Waals surface area (Å²) in [5.74, 6) is -9.31. The summed E-state index contributed by atoms with van der Waals surface area (Å²) in [6.45, 7) is 2.85. The fraction of sp³-hybridized carbons (Fsp3) is 1.00. The minimum Gasteiger partial charge on any atom is -0.361 e. The smallest absolute Gasteiger partial charge is 0.274 e. The maximum atomic E-state index is 9.26. The highest BCUT2D eigenvalue weighted by Crippen LogP contribution is 2.32. The summed E-state index contributed by atoms with van der Waals surface area (Å²) in [5, 5.41) is 55.3. The standard InChI is InChI=1S/C8H18O6/c1-3-5-7(11,12)8(13,14)6(9,10)4-2/h9-14H,3-5H2,1-2H3. The van der Waals surface area contributed by atoms with Crippen molar-refractivity contribution in [2.24, 2.45) is 0 Å². The summed E-state index contributed by atoms with van der Waals surface area (Å²) in [4.78, 5) is 0. The highest BCUT2D eigenvalue weighted by atomic mass is 16.7. The molecule has 0 fully saturated rings. The van der Waals surface area contributed by atoms with Crippen LogP contribution in [0.15, 0.2) is 0 Å². The second-order valence-electron chi connectivity index (χ2n) is 3.41. The van der Waals surface area contributed by atoms with Crippen LogP contribution in [0.2, 0.25) is 0 Å². The maximum absolute atomic E-state index is 9.26. The first-order valence-electron chi connectivity index (χ1n) is 4.46. The molecule has 0 amide bonds. The van der Waals surface area contributed by atoms with Crippen LogP contribution in [0.1, 0.15) is 33.1 Å². The third kappa shape index (κ3) is 2.22. The highest BCUT2D eigenvalue weighted by molar-refractivity contribution is 4.92. The molecule has 0 aromatic heterocycles. The van der Waals surface area contributed by atoms with E-state index in [-0.39, 0.29) is 12.8 Å². The lowest BCUT2D eigenvalue weighted by atomic mass is 9.91. The van der Waals surface area contributed by atoms with E-state index in [4.69, 9.17) is 10.2 Å². The topological polar surface area (TPSA) is 121 Å². The molecular weight excluding hydrogens is 192 g/mol. The molecule has 0 atom stereocenters. The van der Waals surface area contributed by atoms with Gasteiger partial charge in [-0.25, -0.2) is 0 Å². The van der Waals surface area contributed by atoms with Gasteiger partial charge < -0.3 is 30.6 Å². The summed E-state index contributed by atoms with van der Waals surface area (Å²) in [6, 6.07) is 0. The molecule has 0 aliphatic carbocycles. The summed E-state index contributed by atoms with van der Waals surface area (Å²) in [6.07, 6.45) is -0.592. The average Bonchev–Trinajstić information content (AvgIpc) is 2.03. The molecule has 6 N–H and O–H groups in total. The van der Waals surface area contributed by atoms with Gasteiger partial charge in [0.25, 0.3) is 5.79 Å². The van der Waals surface area contributed by atoms with E-state index in [0.29, 0.717) is 0 Å². The Morgan fingerprint density at radius 2 is 1.21 bits per heavy atom. The van der Waals surface area contributed by atoms with Gasteiger partial charge in [-0.1, -0.05) is 20.3 Å². The van der Waals surface area contributed by atoms with Crippen LogP contribution < -0.4 is 0 Å². The molecule has 0 rings (SSSR count). The number of rotatable bonds is 5. The normalized spacial score (nSPS) is 14.6. The molecule has 0 aliphatic heterocycles. The van der Waals surface area contributed by atoms with Crippen molar-refractivity contribution >= 4 is 0 Å². The van der Waals surface area contributed by atoms with Crippen molar-refractivity contribution in [3.63, 3.8) is 0 Å². The fourth-order valence-corrected chi connectivity index (χ4v) is 1.09. The van der Waals surface area contributed by atoms with Crippen LogP contribution in [0.4, 0.5) is 0 Å². The van der Waals surface area contributed by atoms with Crippen LogP contribution in [0.3, 0.4) is 0 Å². The minimum atomic E-state index is -3.38. The number of hydrogen-bond acceptors (Lipinski definition) is 6. The molecule has 6 nitrogen and oxygen atoms in total. The zero-order valence-electron chi connectivity index (χ0n) is 8.30. The Bertz CT molecular complexity index is 186. The molecular formula is C8H18O6. The van der Waals surface area contributed by atoms with Crippen LogP contribution in [0, 0.1) is 0 Å². The Kier molecular flexibility index (Phi) is 4.02. The molecule has 0 bridgehead atoms. The second kappa shape index (κ2) is 4.09. The summed E-state index contributed by atoms with van der Waals surface area (Å²) in [5.41, 5.74) is 0. The first kappa shape index (κ1) is 13.8. The van der Waals surface area contributed by atoms with Crippen LogP contribution >= 0.6 is 0 Å². The van der Waals surface area contributed by atoms with Crippen molar-refractivity contribution in [3.05, 3.63) is 0 Å². The van der Waals surface area contributed by atoms with Crippen LogP contribution in [0.25, 0.3) is 0 Å². The van der Waals surface area contributed by atoms with Crippen LogP contribution in [-0.2, 0) is 0 Å². The van der Waals surface area contributed by atoms with E-state index in [0.717, 1.165) is 0 Å². The third-order valence-electron chi connectivity index (χ3n) is 2.21. The van der Waals surface area contributed by atoms with Crippen molar-refractivity contribution < 1.29 is 30.6 Å². The zero-order valence-corrected chi connectivity index (χ0v) is 8.30. The van der Waals surface area contributed by atoms with Crippen molar-refractivity contribution in [2.45, 2.75) is 50.5 Å². The largest absolute Gasteiger partial charge is 0.361 e. The highest BCUT2D eigenvalue weighted by Gasteiger charge is 2.59. The Hall–Kier alpha value is -0.240. The van der Waals surface area contributed by atoms with E-state index in [1.54, 1.807) is 6.92 Å². The van der Waals surface area contributed by atoms with Gasteiger partial charge >= 0.3 is 0 Å². The van der Waals surface area contributed by atoms with Gasteiger partial charge in [-0.3, -0.25) is 0 Å². The van der Waals surface area contributed by atoms with Crippen molar-refractivity contribution in [2.75, 3.05) is 0 Å². The Labute approximate surface area is 82.1 Å². The SMILES string of the molecule is CCCC(O)(O)C(O)(O)C(O)(O)CC. The lowest BCUT2D eigenvalue weighted by Gasteiger charge is -2.42. The Morgan fingerprint density at radius 3 is 1.50 bits per heavy atom. The average molecular weight is 210 g/mol.